The van der Waals surface area contributed by atoms with Crippen LogP contribution in [-0.4, -0.2) is 9.55 Å². The second kappa shape index (κ2) is 5.30. The average Bonchev–Trinajstić information content (AvgIpc) is 2.70. The van der Waals surface area contributed by atoms with Crippen molar-refractivity contribution in [2.45, 2.75) is 6.92 Å². The zero-order valence-electron chi connectivity index (χ0n) is 10.7. The van der Waals surface area contributed by atoms with Crippen molar-refractivity contribution in [2.75, 3.05) is 0 Å². The van der Waals surface area contributed by atoms with Gasteiger partial charge in [0.05, 0.1) is 25.7 Å². The summed E-state index contributed by atoms with van der Waals surface area (Å²) in [4.78, 5) is 3.03. The summed E-state index contributed by atoms with van der Waals surface area (Å²) in [6.07, 6.45) is 0. The third kappa shape index (κ3) is 2.47. The van der Waals surface area contributed by atoms with Crippen LogP contribution in [0.4, 0.5) is 8.78 Å². The number of nitrogens with zero attached hydrogens (tertiary/aromatic N) is 1. The quantitative estimate of drug-likeness (QED) is 0.481. The Hall–Kier alpha value is -1.05. The van der Waals surface area contributed by atoms with Crippen molar-refractivity contribution in [3.8, 4) is 5.69 Å². The van der Waals surface area contributed by atoms with Crippen LogP contribution in [0.15, 0.2) is 33.2 Å². The number of hydrogen-bond acceptors (Lipinski definition) is 1. The van der Waals surface area contributed by atoms with Gasteiger partial charge in [0.25, 0.3) is 0 Å². The lowest BCUT2D eigenvalue weighted by Gasteiger charge is -2.10. The molecule has 1 N–H and O–H groups in total. The summed E-state index contributed by atoms with van der Waals surface area (Å²) >= 11 is 11.6. The van der Waals surface area contributed by atoms with E-state index in [9.17, 15) is 8.78 Å². The van der Waals surface area contributed by atoms with Gasteiger partial charge in [-0.25, -0.2) is 8.78 Å². The number of aromatic nitrogens is 2. The molecule has 0 saturated carbocycles. The van der Waals surface area contributed by atoms with Gasteiger partial charge in [-0.3, -0.25) is 4.57 Å². The van der Waals surface area contributed by atoms with Crippen molar-refractivity contribution in [3.63, 3.8) is 0 Å². The summed E-state index contributed by atoms with van der Waals surface area (Å²) in [5, 5.41) is 0. The highest BCUT2D eigenvalue weighted by atomic mass is 79.9. The van der Waals surface area contributed by atoms with Gasteiger partial charge in [0.2, 0.25) is 0 Å². The van der Waals surface area contributed by atoms with Crippen molar-refractivity contribution in [3.05, 3.63) is 55.2 Å². The standard InChI is InChI=1S/C14H8Br2F2N2S/c1-6-2-9(17)8(16)4-12(6)20-13-5-10(18)7(15)3-11(13)19-14(20)21/h2-5H,1H3,(H,19,21). The van der Waals surface area contributed by atoms with Crippen molar-refractivity contribution in [1.82, 2.24) is 9.55 Å². The maximum absolute atomic E-state index is 13.8. The summed E-state index contributed by atoms with van der Waals surface area (Å²) in [6.45, 7) is 1.78. The highest BCUT2D eigenvalue weighted by molar-refractivity contribution is 9.10. The molecule has 0 bridgehead atoms. The van der Waals surface area contributed by atoms with Gasteiger partial charge in [-0.1, -0.05) is 0 Å². The molecule has 2 nitrogen and oxygen atoms in total. The molecule has 0 amide bonds. The molecule has 0 saturated heterocycles. The molecule has 108 valence electrons. The van der Waals surface area contributed by atoms with E-state index in [1.807, 2.05) is 0 Å². The Balaban J connectivity index is 2.40. The number of imidazole rings is 1. The first-order valence-corrected chi connectivity index (χ1v) is 7.93. The molecule has 0 aliphatic rings. The van der Waals surface area contributed by atoms with E-state index in [0.29, 0.717) is 36.0 Å². The Morgan fingerprint density at radius 1 is 1.05 bits per heavy atom. The van der Waals surface area contributed by atoms with Crippen molar-refractivity contribution >= 4 is 55.1 Å². The lowest BCUT2D eigenvalue weighted by atomic mass is 10.2. The van der Waals surface area contributed by atoms with Crippen LogP contribution in [0.25, 0.3) is 16.7 Å². The number of hydrogen-bond donors (Lipinski definition) is 1. The van der Waals surface area contributed by atoms with E-state index >= 15 is 0 Å². The van der Waals surface area contributed by atoms with Crippen LogP contribution in [-0.2, 0) is 0 Å². The number of aromatic amines is 1. The molecule has 0 radical (unpaired) electrons. The molecule has 0 atom stereocenters. The van der Waals surface area contributed by atoms with Crippen LogP contribution in [0.2, 0.25) is 0 Å². The Morgan fingerprint density at radius 3 is 2.38 bits per heavy atom. The number of nitrogens with one attached hydrogen (secondary N) is 1. The minimum Gasteiger partial charge on any atom is -0.330 e. The molecule has 7 heteroatoms. The van der Waals surface area contributed by atoms with E-state index in [0.717, 1.165) is 0 Å². The average molecular weight is 434 g/mol. The Kier molecular flexibility index (Phi) is 3.75. The maximum Gasteiger partial charge on any atom is 0.182 e. The maximum atomic E-state index is 13.8. The molecular weight excluding hydrogens is 426 g/mol. The predicted molar refractivity (Wildman–Crippen MR) is 88.5 cm³/mol. The van der Waals surface area contributed by atoms with Gasteiger partial charge < -0.3 is 4.98 Å². The highest BCUT2D eigenvalue weighted by Gasteiger charge is 2.13. The summed E-state index contributed by atoms with van der Waals surface area (Å²) < 4.78 is 30.2. The van der Waals surface area contributed by atoms with Crippen LogP contribution in [0, 0.1) is 23.3 Å². The molecule has 0 fully saturated rings. The number of fused-ring (bicyclic) bond motifs is 1. The van der Waals surface area contributed by atoms with E-state index in [2.05, 4.69) is 36.8 Å². The largest absolute Gasteiger partial charge is 0.330 e. The zero-order chi connectivity index (χ0) is 15.3. The van der Waals surface area contributed by atoms with Gasteiger partial charge in [-0.2, -0.15) is 0 Å². The molecule has 3 aromatic rings. The molecule has 0 spiro atoms. The predicted octanol–water partition coefficient (Wildman–Crippen LogP) is 5.80. The first kappa shape index (κ1) is 14.9. The second-order valence-corrected chi connectivity index (χ2v) is 6.70. The van der Waals surface area contributed by atoms with Gasteiger partial charge in [-0.05, 0) is 74.8 Å². The molecule has 3 rings (SSSR count). The number of H-pyrrole nitrogens is 1. The molecule has 0 aliphatic heterocycles. The van der Waals surface area contributed by atoms with Crippen LogP contribution in [0.5, 0.6) is 0 Å². The summed E-state index contributed by atoms with van der Waals surface area (Å²) in [6, 6.07) is 6.07. The van der Waals surface area contributed by atoms with Crippen molar-refractivity contribution < 1.29 is 8.78 Å². The van der Waals surface area contributed by atoms with E-state index in [4.69, 9.17) is 12.2 Å². The summed E-state index contributed by atoms with van der Waals surface area (Å²) in [5.41, 5.74) is 2.70. The number of aryl methyl sites for hydroxylation is 1. The van der Waals surface area contributed by atoms with Gasteiger partial charge in [0, 0.05) is 6.07 Å². The lowest BCUT2D eigenvalue weighted by molar-refractivity contribution is 0.619. The molecule has 2 aromatic carbocycles. The number of rotatable bonds is 1. The van der Waals surface area contributed by atoms with Crippen molar-refractivity contribution in [2.24, 2.45) is 0 Å². The number of benzene rings is 2. The highest BCUT2D eigenvalue weighted by Crippen LogP contribution is 2.29. The minimum absolute atomic E-state index is 0.330. The normalized spacial score (nSPS) is 11.3. The van der Waals surface area contributed by atoms with Gasteiger partial charge >= 0.3 is 0 Å². The van der Waals surface area contributed by atoms with E-state index < -0.39 is 0 Å². The van der Waals surface area contributed by atoms with E-state index in [-0.39, 0.29) is 11.6 Å². The Morgan fingerprint density at radius 2 is 1.67 bits per heavy atom. The van der Waals surface area contributed by atoms with E-state index in [1.54, 1.807) is 23.6 Å². The monoisotopic (exact) mass is 432 g/mol. The third-order valence-electron chi connectivity index (χ3n) is 3.20. The Labute approximate surface area is 141 Å². The Bertz CT molecular complexity index is 931. The molecule has 1 heterocycles. The van der Waals surface area contributed by atoms with Crippen LogP contribution < -0.4 is 0 Å². The van der Waals surface area contributed by atoms with Crippen LogP contribution >= 0.6 is 44.1 Å². The molecular formula is C14H8Br2F2N2S. The first-order chi connectivity index (χ1) is 9.88. The van der Waals surface area contributed by atoms with Crippen LogP contribution in [0.1, 0.15) is 5.56 Å². The third-order valence-corrected chi connectivity index (χ3v) is 4.70. The minimum atomic E-state index is -0.385. The fourth-order valence-corrected chi connectivity index (χ4v) is 3.20. The lowest BCUT2D eigenvalue weighted by Crippen LogP contribution is -1.99. The van der Waals surface area contributed by atoms with Gasteiger partial charge in [0.15, 0.2) is 4.77 Å². The molecule has 1 aromatic heterocycles. The SMILES string of the molecule is Cc1cc(F)c(Br)cc1-n1c(=S)[nH]c2cc(Br)c(F)cc21. The molecule has 0 unspecified atom stereocenters. The second-order valence-electron chi connectivity index (χ2n) is 4.60. The zero-order valence-corrected chi connectivity index (χ0v) is 14.7. The topological polar surface area (TPSA) is 20.7 Å². The summed E-state index contributed by atoms with van der Waals surface area (Å²) in [7, 11) is 0. The molecule has 21 heavy (non-hydrogen) atoms. The van der Waals surface area contributed by atoms with Crippen LogP contribution in [0.3, 0.4) is 0 Å². The molecule has 0 aliphatic carbocycles. The fraction of sp³-hybridized carbons (Fsp3) is 0.0714. The van der Waals surface area contributed by atoms with E-state index in [1.165, 1.54) is 12.1 Å². The number of halogens is 4. The van der Waals surface area contributed by atoms with Crippen molar-refractivity contribution in [1.29, 1.82) is 0 Å². The smallest absolute Gasteiger partial charge is 0.182 e. The fourth-order valence-electron chi connectivity index (χ4n) is 2.22. The summed E-state index contributed by atoms with van der Waals surface area (Å²) in [5.74, 6) is -0.736. The van der Waals surface area contributed by atoms with Gasteiger partial charge in [0.1, 0.15) is 11.6 Å². The first-order valence-electron chi connectivity index (χ1n) is 5.94. The van der Waals surface area contributed by atoms with Gasteiger partial charge in [-0.15, -0.1) is 0 Å².